The van der Waals surface area contributed by atoms with E-state index < -0.39 is 6.36 Å². The van der Waals surface area contributed by atoms with Crippen molar-refractivity contribution in [3.05, 3.63) is 183 Å². The lowest BCUT2D eigenvalue weighted by Crippen LogP contribution is -2.37. The second-order valence-electron chi connectivity index (χ2n) is 40.2. The first-order chi connectivity index (χ1) is 69.2. The van der Waals surface area contributed by atoms with Crippen molar-refractivity contribution in [1.82, 2.24) is 97.8 Å². The van der Waals surface area contributed by atoms with Gasteiger partial charge in [0.05, 0.1) is 95.0 Å². The predicted molar refractivity (Wildman–Crippen MR) is 530 cm³/mol. The van der Waals surface area contributed by atoms with Crippen molar-refractivity contribution in [2.75, 3.05) is 138 Å². The number of aryl methyl sites for hydroxylation is 6. The van der Waals surface area contributed by atoms with Crippen LogP contribution < -0.4 is 24.3 Å². The van der Waals surface area contributed by atoms with E-state index in [1.807, 2.05) is 90.5 Å². The number of aliphatic hydroxyl groups excluding tert-OH is 2. The SMILES string of the molecule is CC(=O)N1CCc2c(c(N3CCCc4cc(-c5cnn(C)c5)c(OC(F)(F)F)cc43)nn2[C@H]2CCOC2)C1.CC(=O)N1CCc2c(c(N3CCCc4cc(-c5cnn(C)c5C)ccc43)nn2C2CCOCC2)C1.CC(=O)N1CCc2c(c(N3C[C@@H](CO)Cc4cc(-c5cnn(C)c5)ccc43)nn2[C@H]2CCOC2)C1.CC(=O)N1CCc2c(c(N3C[C@H](CO)Cc4cc(-c5cnn(C)c5)ccc43)nn2[C@H]2CCOC2)C1. The van der Waals surface area contributed by atoms with Crippen LogP contribution in [-0.2, 0) is 144 Å². The van der Waals surface area contributed by atoms with Crippen LogP contribution in [0.3, 0.4) is 0 Å². The smallest absolute Gasteiger partial charge is 0.405 e. The van der Waals surface area contributed by atoms with Crippen molar-refractivity contribution in [1.29, 1.82) is 0 Å². The highest BCUT2D eigenvalue weighted by Crippen LogP contribution is 2.50. The maximum atomic E-state index is 13.5. The fraction of sp³-hybridized carbons (Fsp3) is 0.505. The third kappa shape index (κ3) is 19.3. The van der Waals surface area contributed by atoms with Crippen LogP contribution in [0.25, 0.3) is 44.5 Å². The second-order valence-corrected chi connectivity index (χ2v) is 40.2. The van der Waals surface area contributed by atoms with Gasteiger partial charge in [-0.3, -0.25) is 56.6 Å². The Morgan fingerprint density at radius 2 is 0.762 bits per heavy atom. The standard InChI is InChI=1S/C27H34N6O2.C26H29F3N6O3.2C26H32N6O3/c1-18-23(16-28-30(18)3)20-6-7-25-21(15-20)5-4-11-32(25)27-24-17-31(19(2)34)12-8-26(24)33(29-27)22-9-13-35-14-10-22;1-16(36)33-8-5-22-21(14-33)25(31-35(22)19-6-9-37-15-19)34-7-3-4-17-10-20(18-12-30-32(2)13-18)24(11-23(17)34)38-26(27,28)29;2*1-17(34)30-7-5-25-23(14-30)26(28-32(25)22-6-8-35-16-22)31-12-18(15-33)9-20-10-19(3-4-24(20)31)21-11-27-29(2)13-21/h6-7,15-16,22H,4-5,8-14,17H2,1-3H3;10-13,19H,3-9,14-15H2,1-2H3;2*3-4,10-11,13,18,22,33H,5-9,12,14-16H2,1-2H3/t;19-;18-,22+;18-,22-/m.010/s1. The minimum absolute atomic E-state index is 0.0143. The van der Waals surface area contributed by atoms with Gasteiger partial charge < -0.3 is 73.1 Å². The molecule has 0 spiro atoms. The van der Waals surface area contributed by atoms with E-state index in [9.17, 15) is 42.6 Å². The quantitative estimate of drug-likeness (QED) is 0.0963. The first-order valence-electron chi connectivity index (χ1n) is 50.6. The van der Waals surface area contributed by atoms with Gasteiger partial charge >= 0.3 is 6.36 Å². The average molecular weight is 1960 g/mol. The third-order valence-electron chi connectivity index (χ3n) is 30.9. The van der Waals surface area contributed by atoms with Gasteiger partial charge in [-0.1, -0.05) is 18.2 Å². The molecular weight excluding hydrogens is 1830 g/mol. The van der Waals surface area contributed by atoms with Crippen molar-refractivity contribution < 1.29 is 66.2 Å². The number of rotatable bonds is 15. The normalized spacial score (nSPS) is 20.4. The van der Waals surface area contributed by atoms with Crippen molar-refractivity contribution in [2.45, 2.75) is 188 Å². The number of carbonyl (C=O) groups is 4. The molecule has 24 rings (SSSR count). The van der Waals surface area contributed by atoms with Gasteiger partial charge in [0.15, 0.2) is 23.3 Å². The Bertz CT molecular complexity index is 6560. The number of alkyl halides is 3. The number of amides is 4. The summed E-state index contributed by atoms with van der Waals surface area (Å²) < 4.78 is 83.4. The highest BCUT2D eigenvalue weighted by molar-refractivity contribution is 5.83. The molecule has 0 saturated carbocycles. The maximum Gasteiger partial charge on any atom is 0.573 e. The Morgan fingerprint density at radius 3 is 1.13 bits per heavy atom. The number of halogens is 3. The van der Waals surface area contributed by atoms with Crippen LogP contribution in [0.2, 0.25) is 0 Å². The van der Waals surface area contributed by atoms with E-state index in [0.717, 1.165) is 202 Å². The molecule has 20 heterocycles. The van der Waals surface area contributed by atoms with Gasteiger partial charge in [-0.05, 0) is 159 Å². The summed E-state index contributed by atoms with van der Waals surface area (Å²) in [6.45, 7) is 22.4. The second kappa shape index (κ2) is 40.3. The molecule has 4 amide bonds. The van der Waals surface area contributed by atoms with Gasteiger partial charge in [-0.15, -0.1) is 13.2 Å². The number of aromatic nitrogens is 16. The van der Waals surface area contributed by atoms with Gasteiger partial charge in [0.1, 0.15) is 5.75 Å². The molecule has 2 N–H and O–H groups in total. The van der Waals surface area contributed by atoms with Gasteiger partial charge in [-0.2, -0.15) is 40.8 Å². The highest BCUT2D eigenvalue weighted by Gasteiger charge is 2.43. The molecule has 12 aliphatic heterocycles. The third-order valence-corrected chi connectivity index (χ3v) is 30.9. The summed E-state index contributed by atoms with van der Waals surface area (Å²) >= 11 is 0. The molecule has 0 radical (unpaired) electrons. The molecule has 143 heavy (non-hydrogen) atoms. The van der Waals surface area contributed by atoms with Gasteiger partial charge in [0.2, 0.25) is 23.6 Å². The molecule has 4 saturated heterocycles. The number of hydrogen-bond donors (Lipinski definition) is 2. The average Bonchev–Trinajstić information content (AvgIpc) is 1.54. The number of carbonyl (C=O) groups excluding carboxylic acids is 4. The molecule has 4 aromatic carbocycles. The van der Waals surface area contributed by atoms with E-state index in [1.54, 1.807) is 56.6 Å². The molecule has 0 aliphatic carbocycles. The summed E-state index contributed by atoms with van der Waals surface area (Å²) in [5, 5.41) is 58.2. The van der Waals surface area contributed by atoms with Crippen LogP contribution in [0.1, 0.15) is 170 Å². The fourth-order valence-electron chi connectivity index (χ4n) is 23.2. The Hall–Kier alpha value is -13.0. The molecule has 8 aromatic heterocycles. The van der Waals surface area contributed by atoms with E-state index >= 15 is 0 Å². The molecule has 12 aromatic rings. The first kappa shape index (κ1) is 96.1. The monoisotopic (exact) mass is 1960 g/mol. The number of anilines is 8. The number of benzene rings is 4. The van der Waals surface area contributed by atoms with Crippen molar-refractivity contribution >= 4 is 69.6 Å². The molecule has 12 aliphatic rings. The number of nitrogens with zero attached hydrogens (tertiary/aromatic N) is 24. The molecular formula is C105H127F3N24O11. The van der Waals surface area contributed by atoms with Crippen molar-refractivity contribution in [3.63, 3.8) is 0 Å². The Kier molecular flexibility index (Phi) is 27.1. The number of hydrogen-bond acceptors (Lipinski definition) is 23. The molecule has 0 bridgehead atoms. The van der Waals surface area contributed by atoms with Crippen molar-refractivity contribution in [2.24, 2.45) is 40.0 Å². The topological polar surface area (TPSA) is 323 Å². The van der Waals surface area contributed by atoms with E-state index in [4.69, 9.17) is 39.3 Å². The van der Waals surface area contributed by atoms with E-state index in [2.05, 4.69) is 115 Å². The zero-order chi connectivity index (χ0) is 98.9. The first-order valence-corrected chi connectivity index (χ1v) is 50.6. The Labute approximate surface area is 828 Å². The van der Waals surface area contributed by atoms with Crippen LogP contribution in [0, 0.1) is 18.8 Å². The number of ether oxygens (including phenoxy) is 5. The maximum absolute atomic E-state index is 13.5. The summed E-state index contributed by atoms with van der Waals surface area (Å²) in [4.78, 5) is 65.5. The highest BCUT2D eigenvalue weighted by atomic mass is 19.4. The van der Waals surface area contributed by atoms with Crippen LogP contribution >= 0.6 is 0 Å². The van der Waals surface area contributed by atoms with Crippen LogP contribution in [-0.4, -0.2) is 256 Å². The number of aliphatic hydroxyl groups is 2. The van der Waals surface area contributed by atoms with Gasteiger partial charge in [-0.25, -0.2) is 0 Å². The minimum atomic E-state index is -4.85. The Morgan fingerprint density at radius 1 is 0.399 bits per heavy atom. The lowest BCUT2D eigenvalue weighted by molar-refractivity contribution is -0.274. The largest absolute Gasteiger partial charge is 0.573 e. The predicted octanol–water partition coefficient (Wildman–Crippen LogP) is 13.0. The summed E-state index contributed by atoms with van der Waals surface area (Å²) in [7, 11) is 7.55. The molecule has 35 nitrogen and oxygen atoms in total. The lowest BCUT2D eigenvalue weighted by Gasteiger charge is -2.36. The van der Waals surface area contributed by atoms with Crippen LogP contribution in [0.5, 0.6) is 5.75 Å². The Balaban J connectivity index is 0.000000113. The zero-order valence-electron chi connectivity index (χ0n) is 83.0. The molecule has 0 unspecified atom stereocenters. The molecule has 754 valence electrons. The fourth-order valence-corrected chi connectivity index (χ4v) is 23.2. The zero-order valence-corrected chi connectivity index (χ0v) is 83.0. The van der Waals surface area contributed by atoms with Crippen LogP contribution in [0.15, 0.2) is 110 Å². The lowest BCUT2D eigenvalue weighted by atomic mass is 9.90. The summed E-state index contributed by atoms with van der Waals surface area (Å²) in [6.07, 6.45) is 21.2. The van der Waals surface area contributed by atoms with Gasteiger partial charge in [0.25, 0.3) is 0 Å². The van der Waals surface area contributed by atoms with E-state index in [0.29, 0.717) is 133 Å². The van der Waals surface area contributed by atoms with Crippen molar-refractivity contribution in [3.8, 4) is 50.3 Å². The van der Waals surface area contributed by atoms with Gasteiger partial charge in [0, 0.05) is 318 Å². The minimum Gasteiger partial charge on any atom is -0.405 e. The summed E-state index contributed by atoms with van der Waals surface area (Å²) in [5.74, 6) is 3.77. The van der Waals surface area contributed by atoms with E-state index in [1.165, 1.54) is 74.1 Å². The van der Waals surface area contributed by atoms with E-state index in [-0.39, 0.29) is 72.6 Å². The number of fused-ring (bicyclic) bond motifs is 8. The summed E-state index contributed by atoms with van der Waals surface area (Å²) in [6, 6.07) is 24.0. The molecule has 5 atom stereocenters. The summed E-state index contributed by atoms with van der Waals surface area (Å²) in [5.41, 5.74) is 26.9. The van der Waals surface area contributed by atoms with Crippen LogP contribution in [0.4, 0.5) is 59.2 Å². The molecule has 4 fully saturated rings. The molecule has 38 heteroatoms.